The van der Waals surface area contributed by atoms with Gasteiger partial charge in [-0.15, -0.1) is 4.68 Å². The van der Waals surface area contributed by atoms with E-state index in [2.05, 4.69) is 5.10 Å². The van der Waals surface area contributed by atoms with Crippen LogP contribution in [0.25, 0.3) is 5.69 Å². The second-order valence-electron chi connectivity index (χ2n) is 3.68. The number of nitro groups is 1. The van der Waals surface area contributed by atoms with Crippen molar-refractivity contribution in [1.29, 1.82) is 0 Å². The van der Waals surface area contributed by atoms with Gasteiger partial charge in [-0.2, -0.15) is 8.78 Å². The molecule has 0 N–H and O–H groups in total. The van der Waals surface area contributed by atoms with Gasteiger partial charge < -0.3 is 10.1 Å². The van der Waals surface area contributed by atoms with Crippen LogP contribution in [0.5, 0.6) is 0 Å². The third-order valence-electron chi connectivity index (χ3n) is 2.43. The number of benzene rings is 1. The summed E-state index contributed by atoms with van der Waals surface area (Å²) in [5.41, 5.74) is 0.311. The van der Waals surface area contributed by atoms with E-state index in [1.165, 1.54) is 18.3 Å². The van der Waals surface area contributed by atoms with Crippen LogP contribution in [0.3, 0.4) is 0 Å². The lowest BCUT2D eigenvalue weighted by Crippen LogP contribution is -2.11. The Labute approximate surface area is 111 Å². The average Bonchev–Trinajstić information content (AvgIpc) is 2.88. The minimum atomic E-state index is -4.66. The summed E-state index contributed by atoms with van der Waals surface area (Å²) in [6.45, 7) is 0. The quantitative estimate of drug-likeness (QED) is 0.633. The number of hydrogen-bond donors (Lipinski definition) is 0. The van der Waals surface area contributed by atoms with Crippen molar-refractivity contribution in [3.63, 3.8) is 0 Å². The Hall–Kier alpha value is -2.36. The first-order valence-corrected chi connectivity index (χ1v) is 6.69. The van der Waals surface area contributed by atoms with Crippen LogP contribution in [0.15, 0.2) is 41.4 Å². The molecule has 0 aliphatic carbocycles. The molecule has 1 aromatic heterocycles. The molecule has 1 aromatic carbocycles. The Bertz CT molecular complexity index is 740. The summed E-state index contributed by atoms with van der Waals surface area (Å²) in [6, 6.07) is 5.59. The van der Waals surface area contributed by atoms with Crippen LogP contribution in [0.4, 0.5) is 14.6 Å². The van der Waals surface area contributed by atoms with Gasteiger partial charge in [0.05, 0.1) is 27.9 Å². The predicted molar refractivity (Wildman–Crippen MR) is 63.4 cm³/mol. The van der Waals surface area contributed by atoms with Crippen molar-refractivity contribution in [2.75, 3.05) is 0 Å². The highest BCUT2D eigenvalue weighted by Gasteiger charge is 2.26. The fraction of sp³-hybridized carbons (Fsp3) is 0.100. The van der Waals surface area contributed by atoms with Crippen LogP contribution in [-0.4, -0.2) is 28.9 Å². The van der Waals surface area contributed by atoms with Crippen LogP contribution in [0.2, 0.25) is 0 Å². The van der Waals surface area contributed by atoms with E-state index < -0.39 is 25.4 Å². The number of hydrogen-bond acceptors (Lipinski definition) is 5. The number of halogens is 2. The summed E-state index contributed by atoms with van der Waals surface area (Å²) < 4.78 is 48.2. The van der Waals surface area contributed by atoms with Gasteiger partial charge in [0.25, 0.3) is 0 Å². The smallest absolute Gasteiger partial charge is 0.358 e. The summed E-state index contributed by atoms with van der Waals surface area (Å²) in [7, 11) is -4.66. The van der Waals surface area contributed by atoms with E-state index in [1.54, 1.807) is 0 Å². The van der Waals surface area contributed by atoms with E-state index >= 15 is 0 Å². The molecule has 0 amide bonds. The highest BCUT2D eigenvalue weighted by atomic mass is 32.2. The monoisotopic (exact) mass is 303 g/mol. The number of alkyl halides is 2. The third-order valence-corrected chi connectivity index (χ3v) is 3.82. The molecule has 0 aliphatic rings. The molecule has 0 saturated carbocycles. The standard InChI is InChI=1S/C10H7F2N3O4S/c11-10(12)20(18,19)8-3-1-7(2-4-8)14-6-5-9(13-14)15(16)17/h1-6,10H. The van der Waals surface area contributed by atoms with Crippen molar-refractivity contribution in [1.82, 2.24) is 9.78 Å². The lowest BCUT2D eigenvalue weighted by Gasteiger charge is -2.03. The molecule has 2 aromatic rings. The normalized spacial score (nSPS) is 11.8. The van der Waals surface area contributed by atoms with E-state index in [0.717, 1.165) is 22.9 Å². The van der Waals surface area contributed by atoms with Crippen LogP contribution >= 0.6 is 0 Å². The SMILES string of the molecule is O=[N+]([O-])c1ccn(-c2ccc(S(=O)(=O)C(F)F)cc2)n1. The van der Waals surface area contributed by atoms with Crippen LogP contribution in [-0.2, 0) is 9.84 Å². The van der Waals surface area contributed by atoms with Crippen molar-refractivity contribution < 1.29 is 22.1 Å². The maximum atomic E-state index is 12.3. The van der Waals surface area contributed by atoms with E-state index in [4.69, 9.17) is 0 Å². The molecular weight excluding hydrogens is 296 g/mol. The Balaban J connectivity index is 2.35. The van der Waals surface area contributed by atoms with E-state index in [9.17, 15) is 27.3 Å². The zero-order valence-electron chi connectivity index (χ0n) is 9.68. The lowest BCUT2D eigenvalue weighted by atomic mass is 10.3. The zero-order valence-corrected chi connectivity index (χ0v) is 10.5. The summed E-state index contributed by atoms with van der Waals surface area (Å²) in [5.74, 6) is -3.88. The van der Waals surface area contributed by atoms with Crippen LogP contribution < -0.4 is 0 Å². The third kappa shape index (κ3) is 2.50. The van der Waals surface area contributed by atoms with Gasteiger partial charge in [0, 0.05) is 0 Å². The molecule has 1 heterocycles. The molecule has 10 heteroatoms. The highest BCUT2D eigenvalue weighted by molar-refractivity contribution is 7.91. The van der Waals surface area contributed by atoms with E-state index in [0.29, 0.717) is 5.69 Å². The fourth-order valence-electron chi connectivity index (χ4n) is 1.45. The van der Waals surface area contributed by atoms with Gasteiger partial charge in [-0.05, 0) is 29.2 Å². The van der Waals surface area contributed by atoms with Gasteiger partial charge in [-0.25, -0.2) is 8.42 Å². The zero-order chi connectivity index (χ0) is 14.9. The minimum absolute atomic E-state index is 0.311. The molecule has 0 saturated heterocycles. The maximum absolute atomic E-state index is 12.3. The van der Waals surface area contributed by atoms with Crippen molar-refractivity contribution in [2.24, 2.45) is 0 Å². The predicted octanol–water partition coefficient (Wildman–Crippen LogP) is 1.78. The molecule has 2 rings (SSSR count). The van der Waals surface area contributed by atoms with Crippen molar-refractivity contribution in [2.45, 2.75) is 10.7 Å². The number of aromatic nitrogens is 2. The highest BCUT2D eigenvalue weighted by Crippen LogP contribution is 2.20. The lowest BCUT2D eigenvalue weighted by molar-refractivity contribution is -0.389. The Kier molecular flexibility index (Phi) is 3.49. The molecule has 106 valence electrons. The number of rotatable bonds is 4. The maximum Gasteiger partial charge on any atom is 0.390 e. The first-order chi connectivity index (χ1) is 9.32. The fourth-order valence-corrected chi connectivity index (χ4v) is 2.17. The molecule has 0 unspecified atom stereocenters. The molecular formula is C10H7F2N3O4S. The van der Waals surface area contributed by atoms with Crippen molar-refractivity contribution in [3.05, 3.63) is 46.6 Å². The van der Waals surface area contributed by atoms with Crippen molar-refractivity contribution in [3.8, 4) is 5.69 Å². The molecule has 0 spiro atoms. The topological polar surface area (TPSA) is 95.1 Å². The molecule has 0 bridgehead atoms. The van der Waals surface area contributed by atoms with Gasteiger partial charge >= 0.3 is 11.6 Å². The molecule has 0 aliphatic heterocycles. The van der Waals surface area contributed by atoms with Gasteiger partial charge in [-0.3, -0.25) is 0 Å². The van der Waals surface area contributed by atoms with Gasteiger partial charge in [0.15, 0.2) is 0 Å². The summed E-state index contributed by atoms with van der Waals surface area (Å²) in [5, 5.41) is 14.1. The van der Waals surface area contributed by atoms with Crippen molar-refractivity contribution >= 4 is 15.7 Å². The largest absolute Gasteiger partial charge is 0.390 e. The van der Waals surface area contributed by atoms with Crippen LogP contribution in [0, 0.1) is 10.1 Å². The first-order valence-electron chi connectivity index (χ1n) is 5.15. The van der Waals surface area contributed by atoms with Crippen LogP contribution in [0.1, 0.15) is 0 Å². The number of nitrogens with zero attached hydrogens (tertiary/aromatic N) is 3. The van der Waals surface area contributed by atoms with E-state index in [-0.39, 0.29) is 5.82 Å². The second-order valence-corrected chi connectivity index (χ2v) is 5.59. The van der Waals surface area contributed by atoms with Gasteiger partial charge in [-0.1, -0.05) is 0 Å². The first kappa shape index (κ1) is 14.1. The summed E-state index contributed by atoms with van der Waals surface area (Å²) in [4.78, 5) is 9.26. The van der Waals surface area contributed by atoms with Gasteiger partial charge in [0.1, 0.15) is 0 Å². The Morgan fingerprint density at radius 1 is 1.20 bits per heavy atom. The minimum Gasteiger partial charge on any atom is -0.358 e. The summed E-state index contributed by atoms with van der Waals surface area (Å²) in [6.07, 6.45) is 1.30. The summed E-state index contributed by atoms with van der Waals surface area (Å²) >= 11 is 0. The van der Waals surface area contributed by atoms with Gasteiger partial charge in [0.2, 0.25) is 9.84 Å². The molecule has 0 atom stereocenters. The Morgan fingerprint density at radius 2 is 1.80 bits per heavy atom. The average molecular weight is 303 g/mol. The second kappa shape index (κ2) is 4.96. The molecule has 20 heavy (non-hydrogen) atoms. The molecule has 0 fully saturated rings. The number of sulfone groups is 1. The van der Waals surface area contributed by atoms with E-state index in [1.807, 2.05) is 0 Å². The molecule has 7 nitrogen and oxygen atoms in total. The molecule has 0 radical (unpaired) electrons. The Morgan fingerprint density at radius 3 is 2.25 bits per heavy atom.